The Morgan fingerprint density at radius 2 is 2.15 bits per heavy atom. The van der Waals surface area contributed by atoms with Gasteiger partial charge < -0.3 is 9.64 Å². The van der Waals surface area contributed by atoms with E-state index < -0.39 is 6.10 Å². The Hall–Kier alpha value is -2.44. The Kier molecular flexibility index (Phi) is 4.29. The van der Waals surface area contributed by atoms with Gasteiger partial charge in [-0.05, 0) is 31.2 Å². The summed E-state index contributed by atoms with van der Waals surface area (Å²) in [5, 5.41) is 6.39. The molecule has 1 amide bonds. The molecule has 0 saturated heterocycles. The summed E-state index contributed by atoms with van der Waals surface area (Å²) in [4.78, 5) is 17.5. The van der Waals surface area contributed by atoms with Crippen molar-refractivity contribution in [1.82, 2.24) is 20.1 Å². The number of nitrogens with zero attached hydrogens (tertiary/aromatic N) is 3. The fourth-order valence-electron chi connectivity index (χ4n) is 1.69. The fraction of sp³-hybridized carbons (Fsp3) is 0.308. The van der Waals surface area contributed by atoms with Gasteiger partial charge in [-0.3, -0.25) is 9.89 Å². The van der Waals surface area contributed by atoms with Crippen molar-refractivity contribution in [1.29, 1.82) is 0 Å². The summed E-state index contributed by atoms with van der Waals surface area (Å²) in [5.74, 6) is 0.486. The van der Waals surface area contributed by atoms with Crippen molar-refractivity contribution in [2.75, 3.05) is 7.05 Å². The third-order valence-electron chi connectivity index (χ3n) is 2.70. The molecule has 0 aliphatic carbocycles. The molecule has 1 aromatic heterocycles. The number of likely N-dealkylation sites (N-methyl/N-ethyl adjacent to an activating group) is 1. The molecule has 1 atom stereocenters. The molecule has 0 saturated carbocycles. The van der Waals surface area contributed by atoms with Crippen LogP contribution in [-0.2, 0) is 11.3 Å². The van der Waals surface area contributed by atoms with E-state index in [2.05, 4.69) is 15.2 Å². The normalized spacial score (nSPS) is 11.9. The smallest absolute Gasteiger partial charge is 0.263 e. The summed E-state index contributed by atoms with van der Waals surface area (Å²) in [6.45, 7) is 1.96. The first-order valence-corrected chi connectivity index (χ1v) is 6.07. The molecule has 1 heterocycles. The minimum absolute atomic E-state index is 0.203. The summed E-state index contributed by atoms with van der Waals surface area (Å²) < 4.78 is 18.2. The lowest BCUT2D eigenvalue weighted by Gasteiger charge is -2.21. The lowest BCUT2D eigenvalue weighted by atomic mass is 10.3. The van der Waals surface area contributed by atoms with E-state index in [0.717, 1.165) is 0 Å². The molecule has 1 N–H and O–H groups in total. The quantitative estimate of drug-likeness (QED) is 0.896. The number of ether oxygens (including phenoxy) is 1. The number of halogens is 1. The van der Waals surface area contributed by atoms with Gasteiger partial charge in [0.25, 0.3) is 5.91 Å². The van der Waals surface area contributed by atoms with Crippen LogP contribution < -0.4 is 4.74 Å². The van der Waals surface area contributed by atoms with Crippen LogP contribution in [-0.4, -0.2) is 39.1 Å². The SMILES string of the molecule is CC(Oc1ccc(F)cc1)C(=O)N(C)Cc1ncn[nH]1. The van der Waals surface area contributed by atoms with Crippen LogP contribution in [0.15, 0.2) is 30.6 Å². The molecule has 1 aromatic carbocycles. The summed E-state index contributed by atoms with van der Waals surface area (Å²) in [6.07, 6.45) is 0.708. The fourth-order valence-corrected chi connectivity index (χ4v) is 1.69. The van der Waals surface area contributed by atoms with Crippen LogP contribution >= 0.6 is 0 Å². The number of H-pyrrole nitrogens is 1. The number of amides is 1. The average Bonchev–Trinajstić information content (AvgIpc) is 2.93. The molecule has 6 nitrogen and oxygen atoms in total. The molecule has 20 heavy (non-hydrogen) atoms. The van der Waals surface area contributed by atoms with E-state index in [4.69, 9.17) is 4.74 Å². The second kappa shape index (κ2) is 6.14. The maximum atomic E-state index is 12.8. The van der Waals surface area contributed by atoms with Gasteiger partial charge >= 0.3 is 0 Å². The lowest BCUT2D eigenvalue weighted by Crippen LogP contribution is -2.37. The van der Waals surface area contributed by atoms with E-state index in [0.29, 0.717) is 18.1 Å². The molecule has 0 aliphatic rings. The second-order valence-electron chi connectivity index (χ2n) is 4.34. The maximum absolute atomic E-state index is 12.8. The summed E-state index contributed by atoms with van der Waals surface area (Å²) in [7, 11) is 1.65. The third kappa shape index (κ3) is 3.53. The standard InChI is InChI=1S/C13H15FN4O2/c1-9(20-11-5-3-10(14)4-6-11)13(19)18(2)7-12-15-8-16-17-12/h3-6,8-9H,7H2,1-2H3,(H,15,16,17). The molecule has 0 radical (unpaired) electrons. The first kappa shape index (κ1) is 14.0. The minimum Gasteiger partial charge on any atom is -0.481 e. The van der Waals surface area contributed by atoms with Gasteiger partial charge in [0.1, 0.15) is 23.7 Å². The first-order valence-electron chi connectivity index (χ1n) is 6.07. The number of hydrogen-bond acceptors (Lipinski definition) is 4. The first-order chi connectivity index (χ1) is 9.56. The zero-order valence-corrected chi connectivity index (χ0v) is 11.2. The Morgan fingerprint density at radius 3 is 2.75 bits per heavy atom. The van der Waals surface area contributed by atoms with Crippen molar-refractivity contribution < 1.29 is 13.9 Å². The van der Waals surface area contributed by atoms with E-state index in [-0.39, 0.29) is 11.7 Å². The molecule has 1 unspecified atom stereocenters. The molecular weight excluding hydrogens is 263 g/mol. The van der Waals surface area contributed by atoms with E-state index in [9.17, 15) is 9.18 Å². The van der Waals surface area contributed by atoms with Gasteiger partial charge in [-0.25, -0.2) is 9.37 Å². The van der Waals surface area contributed by atoms with Crippen LogP contribution in [0, 0.1) is 5.82 Å². The molecule has 106 valence electrons. The van der Waals surface area contributed by atoms with Gasteiger partial charge in [0, 0.05) is 7.05 Å². The maximum Gasteiger partial charge on any atom is 0.263 e. The zero-order valence-electron chi connectivity index (χ0n) is 11.2. The predicted molar refractivity (Wildman–Crippen MR) is 69.3 cm³/mol. The predicted octanol–water partition coefficient (Wildman–Crippen LogP) is 1.37. The molecule has 7 heteroatoms. The van der Waals surface area contributed by atoms with Crippen LogP contribution in [0.5, 0.6) is 5.75 Å². The number of rotatable bonds is 5. The van der Waals surface area contributed by atoms with Crippen LogP contribution in [0.2, 0.25) is 0 Å². The van der Waals surface area contributed by atoms with Crippen molar-refractivity contribution >= 4 is 5.91 Å². The number of hydrogen-bond donors (Lipinski definition) is 1. The largest absolute Gasteiger partial charge is 0.481 e. The van der Waals surface area contributed by atoms with E-state index in [1.807, 2.05) is 0 Å². The van der Waals surface area contributed by atoms with Crippen molar-refractivity contribution in [2.45, 2.75) is 19.6 Å². The highest BCUT2D eigenvalue weighted by molar-refractivity contribution is 5.80. The van der Waals surface area contributed by atoms with Crippen LogP contribution in [0.3, 0.4) is 0 Å². The van der Waals surface area contributed by atoms with Gasteiger partial charge in [-0.1, -0.05) is 0 Å². The monoisotopic (exact) mass is 278 g/mol. The number of carbonyl (C=O) groups excluding carboxylic acids is 1. The Bertz CT molecular complexity index is 556. The molecular formula is C13H15FN4O2. The van der Waals surface area contributed by atoms with Gasteiger partial charge in [-0.2, -0.15) is 5.10 Å². The van der Waals surface area contributed by atoms with Gasteiger partial charge in [-0.15, -0.1) is 0 Å². The van der Waals surface area contributed by atoms with Crippen LogP contribution in [0.25, 0.3) is 0 Å². The lowest BCUT2D eigenvalue weighted by molar-refractivity contribution is -0.137. The molecule has 2 aromatic rings. The summed E-state index contributed by atoms with van der Waals surface area (Å²) in [5.41, 5.74) is 0. The number of aromatic nitrogens is 3. The van der Waals surface area contributed by atoms with Crippen molar-refractivity contribution in [3.05, 3.63) is 42.2 Å². The highest BCUT2D eigenvalue weighted by atomic mass is 19.1. The van der Waals surface area contributed by atoms with Crippen LogP contribution in [0.4, 0.5) is 4.39 Å². The molecule has 0 aliphatic heterocycles. The second-order valence-corrected chi connectivity index (χ2v) is 4.34. The highest BCUT2D eigenvalue weighted by Crippen LogP contribution is 2.14. The summed E-state index contributed by atoms with van der Waals surface area (Å²) >= 11 is 0. The van der Waals surface area contributed by atoms with Gasteiger partial charge in [0.05, 0.1) is 6.54 Å². The van der Waals surface area contributed by atoms with E-state index in [1.54, 1.807) is 14.0 Å². The average molecular weight is 278 g/mol. The highest BCUT2D eigenvalue weighted by Gasteiger charge is 2.20. The van der Waals surface area contributed by atoms with Gasteiger partial charge in [0.2, 0.25) is 0 Å². The minimum atomic E-state index is -0.673. The van der Waals surface area contributed by atoms with Crippen molar-refractivity contribution in [3.63, 3.8) is 0 Å². The number of carbonyl (C=O) groups is 1. The Balaban J connectivity index is 1.92. The van der Waals surface area contributed by atoms with Gasteiger partial charge in [0.15, 0.2) is 6.10 Å². The van der Waals surface area contributed by atoms with E-state index >= 15 is 0 Å². The Labute approximate surface area is 115 Å². The topological polar surface area (TPSA) is 71.1 Å². The van der Waals surface area contributed by atoms with Crippen molar-refractivity contribution in [2.24, 2.45) is 0 Å². The number of benzene rings is 1. The molecule has 0 spiro atoms. The van der Waals surface area contributed by atoms with E-state index in [1.165, 1.54) is 35.5 Å². The van der Waals surface area contributed by atoms with Crippen LogP contribution in [0.1, 0.15) is 12.7 Å². The Morgan fingerprint density at radius 1 is 1.45 bits per heavy atom. The summed E-state index contributed by atoms with van der Waals surface area (Å²) in [6, 6.07) is 5.53. The van der Waals surface area contributed by atoms with Crippen molar-refractivity contribution in [3.8, 4) is 5.75 Å². The molecule has 0 fully saturated rings. The third-order valence-corrected chi connectivity index (χ3v) is 2.70. The number of nitrogens with one attached hydrogen (secondary N) is 1. The molecule has 2 rings (SSSR count). The molecule has 0 bridgehead atoms. The zero-order chi connectivity index (χ0) is 14.5. The number of aromatic amines is 1.